The Hall–Kier alpha value is -2.92. The Morgan fingerprint density at radius 3 is 2.37 bits per heavy atom. The number of anilines is 1. The lowest BCUT2D eigenvalue weighted by Gasteiger charge is -2.11. The van der Waals surface area contributed by atoms with Crippen LogP contribution in [0.5, 0.6) is 0 Å². The zero-order valence-electron chi connectivity index (χ0n) is 15.4. The molecule has 0 spiro atoms. The molecular weight excluding hydrogens is 402 g/mol. The molecule has 0 radical (unpaired) electrons. The van der Waals surface area contributed by atoms with Gasteiger partial charge < -0.3 is 11.1 Å². The zero-order chi connectivity index (χ0) is 19.8. The highest BCUT2D eigenvalue weighted by Crippen LogP contribution is 2.25. The second-order valence-corrected chi connectivity index (χ2v) is 6.68. The van der Waals surface area contributed by atoms with Crippen molar-refractivity contribution < 1.29 is 4.79 Å². The first-order valence-corrected chi connectivity index (χ1v) is 9.21. The van der Waals surface area contributed by atoms with Crippen LogP contribution in [0.2, 0.25) is 0 Å². The van der Waals surface area contributed by atoms with E-state index in [0.717, 1.165) is 26.7 Å². The third-order valence-corrected chi connectivity index (χ3v) is 4.49. The van der Waals surface area contributed by atoms with Gasteiger partial charge in [-0.15, -0.1) is 0 Å². The number of nitrogens with two attached hydrogens (primary N) is 1. The van der Waals surface area contributed by atoms with Crippen LogP contribution in [0.1, 0.15) is 25.0 Å². The molecule has 1 amide bonds. The molecule has 3 N–H and O–H groups in total. The summed E-state index contributed by atoms with van der Waals surface area (Å²) in [6.45, 7) is 7.41. The highest BCUT2D eigenvalue weighted by atomic mass is 79.9. The molecule has 0 unspecified atom stereocenters. The van der Waals surface area contributed by atoms with E-state index in [1.165, 1.54) is 6.20 Å². The van der Waals surface area contributed by atoms with Gasteiger partial charge in [-0.25, -0.2) is 4.98 Å². The second kappa shape index (κ2) is 9.69. The first-order chi connectivity index (χ1) is 13.0. The van der Waals surface area contributed by atoms with Crippen LogP contribution in [0.3, 0.4) is 0 Å². The summed E-state index contributed by atoms with van der Waals surface area (Å²) in [5, 5.41) is 2.76. The van der Waals surface area contributed by atoms with Gasteiger partial charge in [0.25, 0.3) is 5.91 Å². The number of carbonyl (C=O) groups is 1. The Morgan fingerprint density at radius 1 is 1.19 bits per heavy atom. The van der Waals surface area contributed by atoms with Crippen LogP contribution in [0.25, 0.3) is 5.57 Å². The van der Waals surface area contributed by atoms with Crippen molar-refractivity contribution in [3.05, 3.63) is 100 Å². The van der Waals surface area contributed by atoms with Gasteiger partial charge in [0.15, 0.2) is 0 Å². The van der Waals surface area contributed by atoms with Crippen molar-refractivity contribution in [3.63, 3.8) is 0 Å². The van der Waals surface area contributed by atoms with Crippen molar-refractivity contribution in [1.29, 1.82) is 0 Å². The average molecular weight is 424 g/mol. The van der Waals surface area contributed by atoms with E-state index in [-0.39, 0.29) is 5.91 Å². The van der Waals surface area contributed by atoms with Gasteiger partial charge in [-0.1, -0.05) is 52.9 Å². The highest BCUT2D eigenvalue weighted by Gasteiger charge is 2.12. The van der Waals surface area contributed by atoms with Gasteiger partial charge in [-0.2, -0.15) is 0 Å². The number of aromatic nitrogens is 1. The van der Waals surface area contributed by atoms with Crippen LogP contribution < -0.4 is 11.1 Å². The molecule has 0 fully saturated rings. The number of nitrogens with zero attached hydrogens (tertiary/aromatic N) is 1. The standard InChI is InChI=1S/C22H22BrN3O/c1-4-6-15(3)20(13-24)22(27)26-21-12-9-17(14-25-21)19(5-2)16-7-10-18(23)11-8-16/h4-14H,1,24H2,2-3H3,(H,25,26,27)/b15-6-,19-5-,20-13+. The number of nitrogens with one attached hydrogen (secondary N) is 1. The number of hydrogen-bond donors (Lipinski definition) is 2. The van der Waals surface area contributed by atoms with Gasteiger partial charge in [-0.3, -0.25) is 4.79 Å². The molecule has 2 rings (SSSR count). The SMILES string of the molecule is C=C/C=C(C)\C(=C/N)C(=O)Nc1ccc(/C(=C\C)c2ccc(Br)cc2)cn1. The Labute approximate surface area is 168 Å². The smallest absolute Gasteiger partial charge is 0.258 e. The quantitative estimate of drug-likeness (QED) is 0.494. The van der Waals surface area contributed by atoms with Crippen LogP contribution in [0.15, 0.2) is 89.2 Å². The predicted octanol–water partition coefficient (Wildman–Crippen LogP) is 5.21. The molecule has 138 valence electrons. The lowest BCUT2D eigenvalue weighted by molar-refractivity contribution is -0.112. The zero-order valence-corrected chi connectivity index (χ0v) is 17.0. The van der Waals surface area contributed by atoms with E-state index in [9.17, 15) is 4.79 Å². The molecule has 1 aromatic heterocycles. The number of benzene rings is 1. The van der Waals surface area contributed by atoms with Gasteiger partial charge in [0.05, 0.1) is 5.57 Å². The first kappa shape index (κ1) is 20.4. The van der Waals surface area contributed by atoms with Crippen molar-refractivity contribution in [2.45, 2.75) is 13.8 Å². The number of carbonyl (C=O) groups excluding carboxylic acids is 1. The molecule has 5 heteroatoms. The second-order valence-electron chi connectivity index (χ2n) is 5.76. The summed E-state index contributed by atoms with van der Waals surface area (Å²) in [5.41, 5.74) is 9.83. The Bertz CT molecular complexity index is 908. The summed E-state index contributed by atoms with van der Waals surface area (Å²) < 4.78 is 1.03. The fourth-order valence-corrected chi connectivity index (χ4v) is 2.86. The summed E-state index contributed by atoms with van der Waals surface area (Å²) in [6, 6.07) is 11.8. The number of rotatable bonds is 6. The Morgan fingerprint density at radius 2 is 1.85 bits per heavy atom. The summed E-state index contributed by atoms with van der Waals surface area (Å²) >= 11 is 3.45. The monoisotopic (exact) mass is 423 g/mol. The normalized spacial score (nSPS) is 12.6. The topological polar surface area (TPSA) is 68.0 Å². The fraction of sp³-hybridized carbons (Fsp3) is 0.0909. The van der Waals surface area contributed by atoms with Gasteiger partial charge in [0.1, 0.15) is 5.82 Å². The molecule has 1 aromatic carbocycles. The van der Waals surface area contributed by atoms with E-state index in [4.69, 9.17) is 5.73 Å². The molecule has 0 bridgehead atoms. The van der Waals surface area contributed by atoms with E-state index in [0.29, 0.717) is 11.4 Å². The van der Waals surface area contributed by atoms with Crippen LogP contribution in [-0.2, 0) is 4.79 Å². The molecule has 4 nitrogen and oxygen atoms in total. The molecular formula is C22H22BrN3O. The first-order valence-electron chi connectivity index (χ1n) is 8.41. The van der Waals surface area contributed by atoms with Crippen molar-refractivity contribution in [2.75, 3.05) is 5.32 Å². The van der Waals surface area contributed by atoms with Gasteiger partial charge in [0, 0.05) is 22.4 Å². The van der Waals surface area contributed by atoms with E-state index in [1.807, 2.05) is 43.3 Å². The molecule has 0 aliphatic heterocycles. The molecule has 2 aromatic rings. The predicted molar refractivity (Wildman–Crippen MR) is 116 cm³/mol. The third-order valence-electron chi connectivity index (χ3n) is 3.96. The van der Waals surface area contributed by atoms with Crippen LogP contribution in [-0.4, -0.2) is 10.9 Å². The number of hydrogen-bond acceptors (Lipinski definition) is 3. The van der Waals surface area contributed by atoms with Crippen LogP contribution in [0, 0.1) is 0 Å². The highest BCUT2D eigenvalue weighted by molar-refractivity contribution is 9.10. The summed E-state index contributed by atoms with van der Waals surface area (Å²) in [7, 11) is 0. The fourth-order valence-electron chi connectivity index (χ4n) is 2.59. The van der Waals surface area contributed by atoms with Crippen molar-refractivity contribution in [1.82, 2.24) is 4.98 Å². The average Bonchev–Trinajstić information content (AvgIpc) is 2.66. The third kappa shape index (κ3) is 5.28. The maximum atomic E-state index is 12.4. The molecule has 0 saturated heterocycles. The van der Waals surface area contributed by atoms with E-state index >= 15 is 0 Å². The van der Waals surface area contributed by atoms with Crippen LogP contribution in [0.4, 0.5) is 5.82 Å². The van der Waals surface area contributed by atoms with Crippen molar-refractivity contribution in [3.8, 4) is 0 Å². The van der Waals surface area contributed by atoms with Crippen molar-refractivity contribution in [2.24, 2.45) is 5.73 Å². The lowest BCUT2D eigenvalue weighted by Crippen LogP contribution is -2.17. The molecule has 0 saturated carbocycles. The minimum absolute atomic E-state index is 0.312. The van der Waals surface area contributed by atoms with E-state index in [2.05, 4.69) is 32.8 Å². The maximum absolute atomic E-state index is 12.4. The summed E-state index contributed by atoms with van der Waals surface area (Å²) in [6.07, 6.45) is 8.40. The van der Waals surface area contributed by atoms with Gasteiger partial charge in [0.2, 0.25) is 0 Å². The lowest BCUT2D eigenvalue weighted by atomic mass is 9.99. The van der Waals surface area contributed by atoms with Gasteiger partial charge >= 0.3 is 0 Å². The summed E-state index contributed by atoms with van der Waals surface area (Å²) in [4.78, 5) is 16.8. The molecule has 0 atom stereocenters. The molecule has 1 heterocycles. The van der Waals surface area contributed by atoms with Crippen molar-refractivity contribution >= 4 is 33.2 Å². The minimum atomic E-state index is -0.312. The van der Waals surface area contributed by atoms with E-state index < -0.39 is 0 Å². The minimum Gasteiger partial charge on any atom is -0.404 e. The molecule has 27 heavy (non-hydrogen) atoms. The number of pyridine rings is 1. The largest absolute Gasteiger partial charge is 0.404 e. The van der Waals surface area contributed by atoms with Crippen LogP contribution >= 0.6 is 15.9 Å². The molecule has 0 aliphatic rings. The summed E-state index contributed by atoms with van der Waals surface area (Å²) in [5.74, 6) is 0.147. The number of allylic oxidation sites excluding steroid dienone is 3. The Kier molecular flexibility index (Phi) is 7.32. The number of amides is 1. The van der Waals surface area contributed by atoms with Gasteiger partial charge in [-0.05, 0) is 54.8 Å². The van der Waals surface area contributed by atoms with E-state index in [1.54, 1.807) is 31.3 Å². The molecule has 0 aliphatic carbocycles. The number of halogens is 1. The Balaban J connectivity index is 2.19. The maximum Gasteiger partial charge on any atom is 0.258 e.